The quantitative estimate of drug-likeness (QED) is 0.889. The molecule has 0 aliphatic heterocycles. The van der Waals surface area contributed by atoms with Crippen LogP contribution in [0.2, 0.25) is 0 Å². The van der Waals surface area contributed by atoms with Gasteiger partial charge in [0.05, 0.1) is 6.26 Å². The summed E-state index contributed by atoms with van der Waals surface area (Å²) in [5, 5.41) is 13.2. The highest BCUT2D eigenvalue weighted by Crippen LogP contribution is 2.19. The van der Waals surface area contributed by atoms with Gasteiger partial charge < -0.3 is 14.8 Å². The zero-order valence-electron chi connectivity index (χ0n) is 10.1. The van der Waals surface area contributed by atoms with Gasteiger partial charge in [0.15, 0.2) is 0 Å². The molecule has 0 bridgehead atoms. The molecule has 0 amide bonds. The van der Waals surface area contributed by atoms with Gasteiger partial charge in [0.1, 0.15) is 11.9 Å². The number of aliphatic hydroxyl groups is 1. The summed E-state index contributed by atoms with van der Waals surface area (Å²) in [5.41, 5.74) is 1.18. The van der Waals surface area contributed by atoms with Crippen LogP contribution in [0.4, 0.5) is 0 Å². The minimum absolute atomic E-state index is 0.173. The molecule has 0 radical (unpaired) electrons. The van der Waals surface area contributed by atoms with Crippen molar-refractivity contribution in [3.63, 3.8) is 0 Å². The zero-order chi connectivity index (χ0) is 13.0. The summed E-state index contributed by atoms with van der Waals surface area (Å²) < 4.78 is 6.21. The maximum atomic E-state index is 9.89. The first-order valence-corrected chi connectivity index (χ1v) is 6.66. The van der Waals surface area contributed by atoms with E-state index in [1.807, 2.05) is 12.1 Å². The molecule has 1 unspecified atom stereocenters. The molecule has 0 fully saturated rings. The zero-order valence-corrected chi connectivity index (χ0v) is 11.7. The highest BCUT2D eigenvalue weighted by molar-refractivity contribution is 9.10. The van der Waals surface area contributed by atoms with Gasteiger partial charge in [0.25, 0.3) is 0 Å². The smallest absolute Gasteiger partial charge is 0.133 e. The van der Waals surface area contributed by atoms with E-state index in [1.54, 1.807) is 18.4 Å². The third-order valence-electron chi connectivity index (χ3n) is 2.84. The second-order valence-electron chi connectivity index (χ2n) is 4.22. The lowest BCUT2D eigenvalue weighted by Gasteiger charge is -2.16. The molecule has 2 aromatic rings. The van der Waals surface area contributed by atoms with Crippen molar-refractivity contribution in [3.05, 3.63) is 58.5 Å². The molecule has 0 aliphatic rings. The van der Waals surface area contributed by atoms with E-state index in [0.717, 1.165) is 4.47 Å². The molecule has 0 aliphatic carbocycles. The van der Waals surface area contributed by atoms with E-state index >= 15 is 0 Å². The molecular weight excluding hydrogens is 294 g/mol. The van der Waals surface area contributed by atoms with Crippen LogP contribution in [0.5, 0.6) is 0 Å². The van der Waals surface area contributed by atoms with E-state index < -0.39 is 6.10 Å². The number of furan rings is 1. The van der Waals surface area contributed by atoms with Gasteiger partial charge in [-0.15, -0.1) is 0 Å². The first-order valence-electron chi connectivity index (χ1n) is 5.87. The molecule has 1 heterocycles. The number of benzene rings is 1. The maximum absolute atomic E-state index is 9.89. The van der Waals surface area contributed by atoms with E-state index in [2.05, 4.69) is 40.3 Å². The van der Waals surface area contributed by atoms with E-state index in [1.165, 1.54) is 5.56 Å². The Bertz CT molecular complexity index is 484. The van der Waals surface area contributed by atoms with Crippen LogP contribution < -0.4 is 5.32 Å². The molecule has 1 aromatic heterocycles. The minimum atomic E-state index is -0.616. The maximum Gasteiger partial charge on any atom is 0.133 e. The van der Waals surface area contributed by atoms with Gasteiger partial charge in [-0.25, -0.2) is 0 Å². The Morgan fingerprint density at radius 2 is 2.17 bits per heavy atom. The Kier molecular flexibility index (Phi) is 4.58. The van der Waals surface area contributed by atoms with Crippen LogP contribution in [0.1, 0.15) is 30.4 Å². The van der Waals surface area contributed by atoms with Crippen molar-refractivity contribution in [3.8, 4) is 0 Å². The summed E-state index contributed by atoms with van der Waals surface area (Å²) in [6, 6.07) is 11.8. The average molecular weight is 310 g/mol. The Labute approximate surface area is 115 Å². The van der Waals surface area contributed by atoms with Gasteiger partial charge in [-0.05, 0) is 36.8 Å². The Morgan fingerprint density at radius 1 is 1.33 bits per heavy atom. The lowest BCUT2D eigenvalue weighted by Crippen LogP contribution is -2.24. The second kappa shape index (κ2) is 6.18. The van der Waals surface area contributed by atoms with Crippen LogP contribution in [0.15, 0.2) is 51.6 Å². The number of hydrogen-bond acceptors (Lipinski definition) is 3. The standard InChI is InChI=1S/C14H16BrNO2/c1-10(11-4-2-5-12(15)8-11)16-9-13(17)14-6-3-7-18-14/h2-8,10,13,16-17H,9H2,1H3/t10-,13?/m1/s1. The molecule has 0 saturated heterocycles. The normalized spacial score (nSPS) is 14.4. The van der Waals surface area contributed by atoms with Crippen molar-refractivity contribution < 1.29 is 9.52 Å². The molecule has 0 spiro atoms. The number of hydrogen-bond donors (Lipinski definition) is 2. The van der Waals surface area contributed by atoms with E-state index in [0.29, 0.717) is 12.3 Å². The van der Waals surface area contributed by atoms with Crippen LogP contribution >= 0.6 is 15.9 Å². The molecule has 3 nitrogen and oxygen atoms in total. The van der Waals surface area contributed by atoms with Crippen LogP contribution in [-0.4, -0.2) is 11.7 Å². The number of nitrogens with one attached hydrogen (secondary N) is 1. The molecule has 96 valence electrons. The second-order valence-corrected chi connectivity index (χ2v) is 5.13. The third kappa shape index (κ3) is 3.45. The van der Waals surface area contributed by atoms with Gasteiger partial charge in [0.2, 0.25) is 0 Å². The van der Waals surface area contributed by atoms with Gasteiger partial charge in [0, 0.05) is 17.1 Å². The Balaban J connectivity index is 1.90. The molecule has 18 heavy (non-hydrogen) atoms. The predicted molar refractivity (Wildman–Crippen MR) is 74.2 cm³/mol. The molecule has 4 heteroatoms. The lowest BCUT2D eigenvalue weighted by molar-refractivity contribution is 0.144. The lowest BCUT2D eigenvalue weighted by atomic mass is 10.1. The average Bonchev–Trinajstić information content (AvgIpc) is 2.89. The van der Waals surface area contributed by atoms with Gasteiger partial charge in [-0.3, -0.25) is 0 Å². The molecule has 0 saturated carbocycles. The fourth-order valence-electron chi connectivity index (χ4n) is 1.76. The number of halogens is 1. The fourth-order valence-corrected chi connectivity index (χ4v) is 2.18. The molecular formula is C14H16BrNO2. The summed E-state index contributed by atoms with van der Waals surface area (Å²) in [4.78, 5) is 0. The monoisotopic (exact) mass is 309 g/mol. The summed E-state index contributed by atoms with van der Waals surface area (Å²) in [6.07, 6.45) is 0.950. The number of aliphatic hydroxyl groups excluding tert-OH is 1. The van der Waals surface area contributed by atoms with Crippen LogP contribution in [0.3, 0.4) is 0 Å². The van der Waals surface area contributed by atoms with E-state index in [-0.39, 0.29) is 6.04 Å². The summed E-state index contributed by atoms with van der Waals surface area (Å²) in [6.45, 7) is 2.53. The Hall–Kier alpha value is -1.10. The van der Waals surface area contributed by atoms with Crippen molar-refractivity contribution in [1.29, 1.82) is 0 Å². The molecule has 2 atom stereocenters. The summed E-state index contributed by atoms with van der Waals surface area (Å²) >= 11 is 3.45. The highest BCUT2D eigenvalue weighted by atomic mass is 79.9. The van der Waals surface area contributed by atoms with Crippen LogP contribution in [-0.2, 0) is 0 Å². The number of rotatable bonds is 5. The molecule has 2 N–H and O–H groups in total. The van der Waals surface area contributed by atoms with Crippen molar-refractivity contribution in [2.75, 3.05) is 6.54 Å². The SMILES string of the molecule is C[C@@H](NCC(O)c1ccco1)c1cccc(Br)c1. The van der Waals surface area contributed by atoms with Crippen molar-refractivity contribution in [2.45, 2.75) is 19.1 Å². The van der Waals surface area contributed by atoms with Gasteiger partial charge in [-0.1, -0.05) is 28.1 Å². The predicted octanol–water partition coefficient (Wildman–Crippen LogP) is 3.43. The first kappa shape index (κ1) is 13.3. The minimum Gasteiger partial charge on any atom is -0.467 e. The van der Waals surface area contributed by atoms with Crippen LogP contribution in [0, 0.1) is 0 Å². The summed E-state index contributed by atoms with van der Waals surface area (Å²) in [5.74, 6) is 0.587. The van der Waals surface area contributed by atoms with Crippen molar-refractivity contribution >= 4 is 15.9 Å². The highest BCUT2D eigenvalue weighted by Gasteiger charge is 2.12. The van der Waals surface area contributed by atoms with Crippen LogP contribution in [0.25, 0.3) is 0 Å². The van der Waals surface area contributed by atoms with E-state index in [4.69, 9.17) is 4.42 Å². The van der Waals surface area contributed by atoms with Gasteiger partial charge >= 0.3 is 0 Å². The van der Waals surface area contributed by atoms with Gasteiger partial charge in [-0.2, -0.15) is 0 Å². The Morgan fingerprint density at radius 3 is 2.83 bits per heavy atom. The molecule has 1 aromatic carbocycles. The topological polar surface area (TPSA) is 45.4 Å². The van der Waals surface area contributed by atoms with Crippen molar-refractivity contribution in [2.24, 2.45) is 0 Å². The van der Waals surface area contributed by atoms with Crippen molar-refractivity contribution in [1.82, 2.24) is 5.32 Å². The largest absolute Gasteiger partial charge is 0.467 e. The molecule has 2 rings (SSSR count). The first-order chi connectivity index (χ1) is 8.66. The fraction of sp³-hybridized carbons (Fsp3) is 0.286. The van der Waals surface area contributed by atoms with E-state index in [9.17, 15) is 5.11 Å². The third-order valence-corrected chi connectivity index (χ3v) is 3.33. The summed E-state index contributed by atoms with van der Waals surface area (Å²) in [7, 11) is 0.